The number of carbonyl (C=O) groups is 1. The van der Waals surface area contributed by atoms with E-state index in [0.29, 0.717) is 24.6 Å². The molecule has 0 saturated carbocycles. The van der Waals surface area contributed by atoms with Gasteiger partial charge in [0.25, 0.3) is 0 Å². The molecule has 0 unspecified atom stereocenters. The van der Waals surface area contributed by atoms with Gasteiger partial charge in [-0.25, -0.2) is 4.98 Å². The van der Waals surface area contributed by atoms with Gasteiger partial charge in [0.2, 0.25) is 6.41 Å². The minimum absolute atomic E-state index is 0.406. The van der Waals surface area contributed by atoms with Crippen molar-refractivity contribution in [3.05, 3.63) is 96.6 Å². The number of nitrogens with one attached hydrogen (secondary N) is 1. The quantitative estimate of drug-likeness (QED) is 0.359. The Hall–Kier alpha value is -4.26. The lowest BCUT2D eigenvalue weighted by Gasteiger charge is -2.22. The molecular weight excluding hydrogens is 424 g/mol. The molecule has 0 spiro atoms. The number of benzene rings is 1. The first kappa shape index (κ1) is 22.9. The first-order chi connectivity index (χ1) is 16.6. The van der Waals surface area contributed by atoms with E-state index in [1.165, 1.54) is 0 Å². The molecular formula is C27H28N6O. The fourth-order valence-electron chi connectivity index (χ4n) is 3.64. The average molecular weight is 453 g/mol. The van der Waals surface area contributed by atoms with Crippen molar-refractivity contribution in [2.75, 3.05) is 35.8 Å². The van der Waals surface area contributed by atoms with Gasteiger partial charge in [0.1, 0.15) is 0 Å². The molecule has 0 saturated heterocycles. The summed E-state index contributed by atoms with van der Waals surface area (Å²) < 4.78 is 0. The molecule has 4 aromatic rings. The minimum atomic E-state index is 0.406. The largest absolute Gasteiger partial charge is 0.378 e. The summed E-state index contributed by atoms with van der Waals surface area (Å²) in [4.78, 5) is 29.2. The Morgan fingerprint density at radius 1 is 0.971 bits per heavy atom. The zero-order valence-electron chi connectivity index (χ0n) is 19.4. The zero-order valence-corrected chi connectivity index (χ0v) is 19.4. The monoisotopic (exact) mass is 452 g/mol. The van der Waals surface area contributed by atoms with Gasteiger partial charge in [0.15, 0.2) is 5.82 Å². The molecule has 7 heteroatoms. The second kappa shape index (κ2) is 11.0. The highest BCUT2D eigenvalue weighted by Gasteiger charge is 2.15. The van der Waals surface area contributed by atoms with Crippen molar-refractivity contribution in [1.29, 1.82) is 0 Å². The van der Waals surface area contributed by atoms with Crippen LogP contribution < -0.4 is 15.1 Å². The highest BCUT2D eigenvalue weighted by molar-refractivity contribution is 5.83. The van der Waals surface area contributed by atoms with Gasteiger partial charge in [-0.05, 0) is 48.0 Å². The average Bonchev–Trinajstić information content (AvgIpc) is 2.89. The molecule has 3 aromatic heterocycles. The number of carbonyl (C=O) groups excluding carboxylic acids is 1. The number of pyridine rings is 3. The van der Waals surface area contributed by atoms with Gasteiger partial charge in [-0.1, -0.05) is 24.3 Å². The maximum atomic E-state index is 12.1. The Morgan fingerprint density at radius 3 is 2.62 bits per heavy atom. The fourth-order valence-corrected chi connectivity index (χ4v) is 3.64. The molecule has 0 aliphatic rings. The molecule has 172 valence electrons. The summed E-state index contributed by atoms with van der Waals surface area (Å²) in [6, 6.07) is 21.8. The lowest BCUT2D eigenvalue weighted by atomic mass is 10.1. The minimum Gasteiger partial charge on any atom is -0.378 e. The molecule has 0 aliphatic carbocycles. The highest BCUT2D eigenvalue weighted by atomic mass is 16.1. The van der Waals surface area contributed by atoms with Crippen molar-refractivity contribution in [3.63, 3.8) is 0 Å². The lowest BCUT2D eigenvalue weighted by Crippen LogP contribution is -2.23. The second-order valence-electron chi connectivity index (χ2n) is 8.10. The zero-order chi connectivity index (χ0) is 23.8. The maximum Gasteiger partial charge on any atom is 0.214 e. The number of aromatic nitrogens is 3. The van der Waals surface area contributed by atoms with Crippen molar-refractivity contribution in [3.8, 4) is 11.3 Å². The number of nitrogens with zero attached hydrogens (tertiary/aromatic N) is 5. The molecule has 3 heterocycles. The van der Waals surface area contributed by atoms with Crippen molar-refractivity contribution in [2.24, 2.45) is 0 Å². The van der Waals surface area contributed by atoms with Crippen LogP contribution in [0.4, 0.5) is 17.2 Å². The van der Waals surface area contributed by atoms with Crippen molar-refractivity contribution >= 4 is 23.6 Å². The second-order valence-corrected chi connectivity index (χ2v) is 8.10. The van der Waals surface area contributed by atoms with Crippen LogP contribution >= 0.6 is 0 Å². The van der Waals surface area contributed by atoms with Gasteiger partial charge in [0, 0.05) is 62.6 Å². The van der Waals surface area contributed by atoms with Crippen LogP contribution in [0.25, 0.3) is 11.3 Å². The normalized spacial score (nSPS) is 10.5. The van der Waals surface area contributed by atoms with Crippen LogP contribution in [-0.4, -0.2) is 42.0 Å². The third kappa shape index (κ3) is 5.75. The Labute approximate surface area is 200 Å². The summed E-state index contributed by atoms with van der Waals surface area (Å²) in [5.41, 5.74) is 5.59. The molecule has 34 heavy (non-hydrogen) atoms. The first-order valence-corrected chi connectivity index (χ1v) is 11.2. The molecule has 1 amide bonds. The Morgan fingerprint density at radius 2 is 1.88 bits per heavy atom. The summed E-state index contributed by atoms with van der Waals surface area (Å²) in [7, 11) is 4.03. The molecule has 1 aromatic carbocycles. The van der Waals surface area contributed by atoms with E-state index in [1.54, 1.807) is 23.5 Å². The predicted octanol–water partition coefficient (Wildman–Crippen LogP) is 4.42. The van der Waals surface area contributed by atoms with E-state index in [4.69, 9.17) is 4.98 Å². The number of rotatable bonds is 10. The SMILES string of the molecule is CN(C)c1cccc(-c2ccc(N(C=O)Cc3cccnc3)c(NCCc3ccccn3)n2)c1. The van der Waals surface area contributed by atoms with Crippen LogP contribution in [0, 0.1) is 0 Å². The van der Waals surface area contributed by atoms with Crippen LogP contribution in [-0.2, 0) is 17.8 Å². The Balaban J connectivity index is 1.64. The molecule has 1 N–H and O–H groups in total. The van der Waals surface area contributed by atoms with Crippen LogP contribution in [0.2, 0.25) is 0 Å². The third-order valence-corrected chi connectivity index (χ3v) is 5.44. The molecule has 0 bridgehead atoms. The fraction of sp³-hybridized carbons (Fsp3) is 0.185. The van der Waals surface area contributed by atoms with E-state index in [1.807, 2.05) is 68.7 Å². The van der Waals surface area contributed by atoms with Crippen molar-refractivity contribution in [2.45, 2.75) is 13.0 Å². The smallest absolute Gasteiger partial charge is 0.214 e. The summed E-state index contributed by atoms with van der Waals surface area (Å²) in [6.07, 6.45) is 6.85. The van der Waals surface area contributed by atoms with E-state index < -0.39 is 0 Å². The topological polar surface area (TPSA) is 74.2 Å². The summed E-state index contributed by atoms with van der Waals surface area (Å²) >= 11 is 0. The van der Waals surface area contributed by atoms with E-state index in [9.17, 15) is 4.79 Å². The van der Waals surface area contributed by atoms with Crippen molar-refractivity contribution in [1.82, 2.24) is 15.0 Å². The van der Waals surface area contributed by atoms with Gasteiger partial charge in [0.05, 0.1) is 17.9 Å². The molecule has 0 radical (unpaired) electrons. The standard InChI is InChI=1S/C27H28N6O/c1-32(2)24-10-5-8-22(17-24)25-11-12-26(33(20-34)19-21-7-6-14-28-18-21)27(31-25)30-16-13-23-9-3-4-15-29-23/h3-12,14-15,17-18,20H,13,16,19H2,1-2H3,(H,30,31). The molecule has 0 aliphatic heterocycles. The first-order valence-electron chi connectivity index (χ1n) is 11.2. The highest BCUT2D eigenvalue weighted by Crippen LogP contribution is 2.30. The molecule has 0 fully saturated rings. The van der Waals surface area contributed by atoms with E-state index in [-0.39, 0.29) is 0 Å². The van der Waals surface area contributed by atoms with Crippen LogP contribution in [0.1, 0.15) is 11.3 Å². The van der Waals surface area contributed by atoms with Gasteiger partial charge in [-0.3, -0.25) is 14.8 Å². The van der Waals surface area contributed by atoms with Crippen LogP contribution in [0.5, 0.6) is 0 Å². The van der Waals surface area contributed by atoms with Gasteiger partial charge in [-0.2, -0.15) is 0 Å². The molecule has 4 rings (SSSR count). The van der Waals surface area contributed by atoms with E-state index in [0.717, 1.165) is 41.0 Å². The van der Waals surface area contributed by atoms with Crippen LogP contribution in [0.3, 0.4) is 0 Å². The Kier molecular flexibility index (Phi) is 7.45. The lowest BCUT2D eigenvalue weighted by molar-refractivity contribution is -0.107. The summed E-state index contributed by atoms with van der Waals surface area (Å²) in [5, 5.41) is 3.43. The summed E-state index contributed by atoms with van der Waals surface area (Å²) in [6.45, 7) is 1.04. The maximum absolute atomic E-state index is 12.1. The number of anilines is 3. The van der Waals surface area contributed by atoms with Gasteiger partial charge >= 0.3 is 0 Å². The van der Waals surface area contributed by atoms with E-state index in [2.05, 4.69) is 32.3 Å². The number of hydrogen-bond acceptors (Lipinski definition) is 6. The summed E-state index contributed by atoms with van der Waals surface area (Å²) in [5.74, 6) is 0.652. The van der Waals surface area contributed by atoms with E-state index >= 15 is 0 Å². The van der Waals surface area contributed by atoms with Gasteiger partial charge in [-0.15, -0.1) is 0 Å². The molecule has 7 nitrogen and oxygen atoms in total. The number of amides is 1. The van der Waals surface area contributed by atoms with Gasteiger partial charge < -0.3 is 15.1 Å². The predicted molar refractivity (Wildman–Crippen MR) is 137 cm³/mol. The van der Waals surface area contributed by atoms with Crippen molar-refractivity contribution < 1.29 is 4.79 Å². The van der Waals surface area contributed by atoms with Crippen LogP contribution in [0.15, 0.2) is 85.3 Å². The Bertz CT molecular complexity index is 1210. The number of hydrogen-bond donors (Lipinski definition) is 1. The molecule has 0 atom stereocenters. The third-order valence-electron chi connectivity index (χ3n) is 5.44.